The fourth-order valence-corrected chi connectivity index (χ4v) is 4.03. The van der Waals surface area contributed by atoms with Gasteiger partial charge in [-0.1, -0.05) is 62.4 Å². The van der Waals surface area contributed by atoms with Crippen LogP contribution in [0.4, 0.5) is 0 Å². The number of amides is 1. The topological polar surface area (TPSA) is 92.7 Å². The number of ether oxygens (including phenoxy) is 1. The van der Waals surface area contributed by atoms with E-state index in [0.29, 0.717) is 19.1 Å². The van der Waals surface area contributed by atoms with Crippen molar-refractivity contribution in [2.24, 2.45) is 0 Å². The van der Waals surface area contributed by atoms with Gasteiger partial charge in [0.2, 0.25) is 0 Å². The van der Waals surface area contributed by atoms with Crippen LogP contribution >= 0.6 is 0 Å². The molecule has 0 radical (unpaired) electrons. The number of carbonyl (C=O) groups is 1. The fraction of sp³-hybridized carbons (Fsp3) is 0.208. The Morgan fingerprint density at radius 3 is 2.00 bits per heavy atom. The molecule has 31 heavy (non-hydrogen) atoms. The molecule has 0 saturated carbocycles. The second kappa shape index (κ2) is 9.76. The Morgan fingerprint density at radius 1 is 0.903 bits per heavy atom. The minimum atomic E-state index is -4.18. The lowest BCUT2D eigenvalue weighted by Gasteiger charge is -2.09. The Morgan fingerprint density at radius 2 is 1.45 bits per heavy atom. The first-order valence-electron chi connectivity index (χ1n) is 9.87. The number of carbonyl (C=O) groups excluding carboxylic acids is 1. The molecular weight excluding hydrogens is 414 g/mol. The molecular formula is C24H25NO5S. The number of nitrogens with one attached hydrogen (secondary N) is 1. The second-order valence-electron chi connectivity index (χ2n) is 7.49. The van der Waals surface area contributed by atoms with E-state index in [1.165, 1.54) is 42.0 Å². The molecule has 0 unspecified atom stereocenters. The molecule has 0 saturated heterocycles. The van der Waals surface area contributed by atoms with Crippen molar-refractivity contribution in [3.05, 3.63) is 95.1 Å². The van der Waals surface area contributed by atoms with Crippen LogP contribution in [0.5, 0.6) is 5.75 Å². The third-order valence-corrected chi connectivity index (χ3v) is 6.16. The number of phenolic OH excluding ortho intramolecular Hbond substituents is 1. The van der Waals surface area contributed by atoms with E-state index in [-0.39, 0.29) is 10.5 Å². The third-order valence-electron chi connectivity index (χ3n) is 4.78. The quantitative estimate of drug-likeness (QED) is 0.544. The Kier molecular flexibility index (Phi) is 7.09. The summed E-state index contributed by atoms with van der Waals surface area (Å²) in [5, 5.41) is 9.72. The van der Waals surface area contributed by atoms with E-state index in [1.54, 1.807) is 12.1 Å². The highest BCUT2D eigenvalue weighted by molar-refractivity contribution is 7.90. The van der Waals surface area contributed by atoms with E-state index in [0.717, 1.165) is 11.1 Å². The molecule has 0 spiro atoms. The Hall–Kier alpha value is -3.16. The van der Waals surface area contributed by atoms with E-state index in [4.69, 9.17) is 4.74 Å². The van der Waals surface area contributed by atoms with Crippen LogP contribution in [0.15, 0.2) is 77.7 Å². The van der Waals surface area contributed by atoms with Gasteiger partial charge in [0.1, 0.15) is 10.6 Å². The largest absolute Gasteiger partial charge is 0.507 e. The highest BCUT2D eigenvalue weighted by Gasteiger charge is 2.21. The van der Waals surface area contributed by atoms with Crippen molar-refractivity contribution >= 4 is 15.9 Å². The molecule has 0 bridgehead atoms. The predicted molar refractivity (Wildman–Crippen MR) is 118 cm³/mol. The van der Waals surface area contributed by atoms with Gasteiger partial charge in [-0.15, -0.1) is 0 Å². The smallest absolute Gasteiger partial charge is 0.267 e. The Balaban J connectivity index is 1.56. The van der Waals surface area contributed by atoms with Gasteiger partial charge in [-0.05, 0) is 46.9 Å². The summed E-state index contributed by atoms with van der Waals surface area (Å²) in [6, 6.07) is 20.2. The zero-order chi connectivity index (χ0) is 22.4. The van der Waals surface area contributed by atoms with Crippen molar-refractivity contribution in [2.75, 3.05) is 0 Å². The lowest BCUT2D eigenvalue weighted by atomic mass is 10.0. The summed E-state index contributed by atoms with van der Waals surface area (Å²) in [5.41, 5.74) is 3.41. The lowest BCUT2D eigenvalue weighted by molar-refractivity contribution is 0.0980. The molecule has 0 aliphatic rings. The molecule has 0 aliphatic heterocycles. The van der Waals surface area contributed by atoms with Crippen molar-refractivity contribution in [1.82, 2.24) is 4.72 Å². The fourth-order valence-electron chi connectivity index (χ4n) is 2.96. The molecule has 1 amide bonds. The molecule has 2 N–H and O–H groups in total. The summed E-state index contributed by atoms with van der Waals surface area (Å²) in [7, 11) is -4.18. The van der Waals surface area contributed by atoms with E-state index < -0.39 is 21.7 Å². The van der Waals surface area contributed by atoms with Gasteiger partial charge in [-0.25, -0.2) is 13.1 Å². The van der Waals surface area contributed by atoms with Gasteiger partial charge in [-0.2, -0.15) is 0 Å². The second-order valence-corrected chi connectivity index (χ2v) is 9.14. The molecule has 0 aliphatic carbocycles. The van der Waals surface area contributed by atoms with Crippen LogP contribution in [0.1, 0.15) is 46.8 Å². The number of sulfonamides is 1. The van der Waals surface area contributed by atoms with Crippen molar-refractivity contribution in [3.8, 4) is 5.75 Å². The van der Waals surface area contributed by atoms with Crippen LogP contribution in [-0.4, -0.2) is 19.4 Å². The van der Waals surface area contributed by atoms with E-state index >= 15 is 0 Å². The number of hydrogen-bond donors (Lipinski definition) is 2. The summed E-state index contributed by atoms with van der Waals surface area (Å²) >= 11 is 0. The average molecular weight is 440 g/mol. The molecule has 3 rings (SSSR count). The third kappa shape index (κ3) is 5.93. The first-order chi connectivity index (χ1) is 14.8. The first kappa shape index (κ1) is 22.5. The Bertz CT molecular complexity index is 1140. The number of aromatic hydroxyl groups is 1. The SMILES string of the molecule is CC(C)c1ccc(COCc2ccc(C(=O)NS(=O)(=O)c3ccccc3O)cc2)cc1. The van der Waals surface area contributed by atoms with Gasteiger partial charge < -0.3 is 9.84 Å². The van der Waals surface area contributed by atoms with Gasteiger partial charge in [-0.3, -0.25) is 4.79 Å². The maximum absolute atomic E-state index is 12.3. The summed E-state index contributed by atoms with van der Waals surface area (Å²) in [5.74, 6) is -0.714. The summed E-state index contributed by atoms with van der Waals surface area (Å²) < 4.78 is 32.4. The molecule has 0 fully saturated rings. The van der Waals surface area contributed by atoms with Gasteiger partial charge in [0.05, 0.1) is 13.2 Å². The van der Waals surface area contributed by atoms with Gasteiger partial charge >= 0.3 is 0 Å². The molecule has 3 aromatic rings. The van der Waals surface area contributed by atoms with Crippen LogP contribution in [0.2, 0.25) is 0 Å². The van der Waals surface area contributed by atoms with Crippen molar-refractivity contribution in [3.63, 3.8) is 0 Å². The minimum absolute atomic E-state index is 0.187. The summed E-state index contributed by atoms with van der Waals surface area (Å²) in [4.78, 5) is 12.0. The normalized spacial score (nSPS) is 11.5. The zero-order valence-corrected chi connectivity index (χ0v) is 18.2. The molecule has 3 aromatic carbocycles. The molecule has 0 heterocycles. The van der Waals surface area contributed by atoms with E-state index in [2.05, 4.69) is 26.0 Å². The van der Waals surface area contributed by atoms with Gasteiger partial charge in [0.15, 0.2) is 0 Å². The van der Waals surface area contributed by atoms with Crippen molar-refractivity contribution in [1.29, 1.82) is 0 Å². The lowest BCUT2D eigenvalue weighted by Crippen LogP contribution is -2.30. The van der Waals surface area contributed by atoms with Crippen LogP contribution in [0.25, 0.3) is 0 Å². The average Bonchev–Trinajstić information content (AvgIpc) is 2.74. The molecule has 6 nitrogen and oxygen atoms in total. The van der Waals surface area contributed by atoms with Crippen molar-refractivity contribution in [2.45, 2.75) is 37.9 Å². The van der Waals surface area contributed by atoms with Gasteiger partial charge in [0.25, 0.3) is 15.9 Å². The minimum Gasteiger partial charge on any atom is -0.507 e. The molecule has 0 aromatic heterocycles. The van der Waals surface area contributed by atoms with Crippen LogP contribution < -0.4 is 4.72 Å². The summed E-state index contributed by atoms with van der Waals surface area (Å²) in [6.07, 6.45) is 0. The predicted octanol–water partition coefficient (Wildman–Crippen LogP) is 4.35. The monoisotopic (exact) mass is 439 g/mol. The number of para-hydroxylation sites is 1. The van der Waals surface area contributed by atoms with Crippen LogP contribution in [0, 0.1) is 0 Å². The highest BCUT2D eigenvalue weighted by atomic mass is 32.2. The molecule has 162 valence electrons. The number of benzene rings is 3. The number of hydrogen-bond acceptors (Lipinski definition) is 5. The maximum Gasteiger partial charge on any atom is 0.267 e. The number of rotatable bonds is 8. The Labute approximate surface area is 182 Å². The van der Waals surface area contributed by atoms with Gasteiger partial charge in [0, 0.05) is 5.56 Å². The van der Waals surface area contributed by atoms with Crippen LogP contribution in [0.3, 0.4) is 0 Å². The summed E-state index contributed by atoms with van der Waals surface area (Å²) in [6.45, 7) is 5.14. The molecule has 0 atom stereocenters. The van der Waals surface area contributed by atoms with Crippen LogP contribution in [-0.2, 0) is 28.0 Å². The maximum atomic E-state index is 12.3. The zero-order valence-electron chi connectivity index (χ0n) is 17.4. The molecule has 7 heteroatoms. The first-order valence-corrected chi connectivity index (χ1v) is 11.4. The highest BCUT2D eigenvalue weighted by Crippen LogP contribution is 2.21. The van der Waals surface area contributed by atoms with E-state index in [9.17, 15) is 18.3 Å². The van der Waals surface area contributed by atoms with Crippen molar-refractivity contribution < 1.29 is 23.1 Å². The number of phenols is 1. The standard InChI is InChI=1S/C24H25NO5S/c1-17(2)20-11-7-18(8-12-20)15-30-16-19-9-13-21(14-10-19)24(27)25-31(28,29)23-6-4-3-5-22(23)26/h3-14,17,26H,15-16H2,1-2H3,(H,25,27). The van der Waals surface area contributed by atoms with E-state index in [1.807, 2.05) is 16.9 Å².